The van der Waals surface area contributed by atoms with Gasteiger partial charge in [-0.3, -0.25) is 14.3 Å². The molecule has 0 saturated carbocycles. The van der Waals surface area contributed by atoms with Crippen molar-refractivity contribution in [3.63, 3.8) is 0 Å². The van der Waals surface area contributed by atoms with Crippen LogP contribution in [0.3, 0.4) is 0 Å². The number of rotatable bonds is 6. The van der Waals surface area contributed by atoms with Crippen LogP contribution >= 0.6 is 0 Å². The minimum absolute atomic E-state index is 0.00683. The minimum Gasteiger partial charge on any atom is -0.481 e. The van der Waals surface area contributed by atoms with Gasteiger partial charge in [-0.15, -0.1) is 0 Å². The van der Waals surface area contributed by atoms with Crippen molar-refractivity contribution in [3.05, 3.63) is 41.5 Å². The second kappa shape index (κ2) is 7.04. The molecule has 0 unspecified atom stereocenters. The summed E-state index contributed by atoms with van der Waals surface area (Å²) < 4.78 is 15.6. The van der Waals surface area contributed by atoms with Crippen LogP contribution < -0.4 is 5.32 Å². The first kappa shape index (κ1) is 16.7. The van der Waals surface area contributed by atoms with Gasteiger partial charge in [0.05, 0.1) is 12.6 Å². The highest BCUT2D eigenvalue weighted by atomic mass is 19.1. The average Bonchev–Trinajstić information content (AvgIpc) is 2.87. The lowest BCUT2D eigenvalue weighted by Crippen LogP contribution is -2.26. The van der Waals surface area contributed by atoms with Crippen molar-refractivity contribution in [2.45, 2.75) is 19.8 Å². The highest BCUT2D eigenvalue weighted by Crippen LogP contribution is 2.25. The van der Waals surface area contributed by atoms with Crippen molar-refractivity contribution in [2.75, 3.05) is 6.54 Å². The molecule has 0 spiro atoms. The molecular weight excluding hydrogens is 301 g/mol. The zero-order chi connectivity index (χ0) is 17.0. The smallest absolute Gasteiger partial charge is 0.305 e. The number of aliphatic carboxylic acids is 1. The van der Waals surface area contributed by atoms with E-state index in [1.165, 1.54) is 6.07 Å². The Morgan fingerprint density at radius 3 is 2.74 bits per heavy atom. The number of amides is 1. The molecule has 0 bridgehead atoms. The first-order valence-corrected chi connectivity index (χ1v) is 7.24. The summed E-state index contributed by atoms with van der Waals surface area (Å²) in [6.07, 6.45) is 2.18. The summed E-state index contributed by atoms with van der Waals surface area (Å²) in [5.74, 6) is -2.04. The summed E-state index contributed by atoms with van der Waals surface area (Å²) in [4.78, 5) is 22.5. The molecule has 0 saturated heterocycles. The molecule has 0 aliphatic heterocycles. The van der Waals surface area contributed by atoms with E-state index in [1.54, 1.807) is 24.0 Å². The number of nitrogens with one attached hydrogen (secondary N) is 1. The molecule has 23 heavy (non-hydrogen) atoms. The fourth-order valence-electron chi connectivity index (χ4n) is 2.38. The van der Waals surface area contributed by atoms with Gasteiger partial charge in [0.15, 0.2) is 0 Å². The molecule has 1 heterocycles. The standard InChI is InChI=1S/C16H18FN3O3/c1-3-14-13(9-19-20(14)2)10-6-11(8-12(17)7-10)16(23)18-5-4-15(21)22/h6-9H,3-5H2,1-2H3,(H,18,23)(H,21,22). The van der Waals surface area contributed by atoms with Gasteiger partial charge < -0.3 is 10.4 Å². The molecule has 0 aliphatic carbocycles. The molecule has 1 aromatic carbocycles. The summed E-state index contributed by atoms with van der Waals surface area (Å²) in [6, 6.07) is 4.06. The Morgan fingerprint density at radius 2 is 2.09 bits per heavy atom. The van der Waals surface area contributed by atoms with Crippen LogP contribution in [0.15, 0.2) is 24.4 Å². The molecule has 1 amide bonds. The number of carboxylic acids is 1. The Bertz CT molecular complexity index is 740. The highest BCUT2D eigenvalue weighted by Gasteiger charge is 2.14. The highest BCUT2D eigenvalue weighted by molar-refractivity contribution is 5.95. The number of nitrogens with zero attached hydrogens (tertiary/aromatic N) is 2. The lowest BCUT2D eigenvalue weighted by atomic mass is 10.0. The van der Waals surface area contributed by atoms with Gasteiger partial charge >= 0.3 is 5.97 Å². The van der Waals surface area contributed by atoms with Crippen LogP contribution in [0.25, 0.3) is 11.1 Å². The quantitative estimate of drug-likeness (QED) is 0.853. The molecule has 1 aromatic heterocycles. The second-order valence-electron chi connectivity index (χ2n) is 5.11. The molecule has 2 rings (SSSR count). The molecule has 2 aromatic rings. The van der Waals surface area contributed by atoms with Crippen LogP contribution in [-0.2, 0) is 18.3 Å². The van der Waals surface area contributed by atoms with Gasteiger partial charge in [-0.1, -0.05) is 6.92 Å². The first-order valence-electron chi connectivity index (χ1n) is 7.24. The van der Waals surface area contributed by atoms with Gasteiger partial charge in [-0.2, -0.15) is 5.10 Å². The monoisotopic (exact) mass is 319 g/mol. The molecule has 2 N–H and O–H groups in total. The molecule has 0 fully saturated rings. The summed E-state index contributed by atoms with van der Waals surface area (Å²) in [5.41, 5.74) is 2.43. The molecule has 0 aliphatic rings. The third-order valence-corrected chi connectivity index (χ3v) is 3.49. The van der Waals surface area contributed by atoms with Crippen molar-refractivity contribution in [1.29, 1.82) is 0 Å². The number of hydrogen-bond acceptors (Lipinski definition) is 3. The Kier molecular flexibility index (Phi) is 5.10. The van der Waals surface area contributed by atoms with E-state index in [9.17, 15) is 14.0 Å². The van der Waals surface area contributed by atoms with Crippen LogP contribution in [0.4, 0.5) is 4.39 Å². The SMILES string of the molecule is CCc1c(-c2cc(F)cc(C(=O)NCCC(=O)O)c2)cnn1C. The van der Waals surface area contributed by atoms with Gasteiger partial charge in [0, 0.05) is 30.4 Å². The van der Waals surface area contributed by atoms with Crippen molar-refractivity contribution < 1.29 is 19.1 Å². The molecule has 122 valence electrons. The molecule has 0 atom stereocenters. The Morgan fingerprint density at radius 1 is 1.35 bits per heavy atom. The summed E-state index contributed by atoms with van der Waals surface area (Å²) in [7, 11) is 1.81. The maximum Gasteiger partial charge on any atom is 0.305 e. The zero-order valence-corrected chi connectivity index (χ0v) is 13.0. The number of benzene rings is 1. The maximum atomic E-state index is 13.9. The number of carbonyl (C=O) groups is 2. The van der Waals surface area contributed by atoms with E-state index in [0.717, 1.165) is 23.7 Å². The Labute approximate surface area is 132 Å². The maximum absolute atomic E-state index is 13.9. The molecular formula is C16H18FN3O3. The van der Waals surface area contributed by atoms with Crippen LogP contribution in [0.2, 0.25) is 0 Å². The molecule has 7 heteroatoms. The van der Waals surface area contributed by atoms with Crippen molar-refractivity contribution in [3.8, 4) is 11.1 Å². The number of halogens is 1. The fraction of sp³-hybridized carbons (Fsp3) is 0.312. The summed E-state index contributed by atoms with van der Waals surface area (Å²) in [6.45, 7) is 1.96. The van der Waals surface area contributed by atoms with Crippen LogP contribution in [0.1, 0.15) is 29.4 Å². The predicted molar refractivity (Wildman–Crippen MR) is 82.6 cm³/mol. The van der Waals surface area contributed by atoms with E-state index >= 15 is 0 Å². The molecule has 6 nitrogen and oxygen atoms in total. The van der Waals surface area contributed by atoms with Gasteiger partial charge in [0.25, 0.3) is 5.91 Å². The first-order chi connectivity index (χ1) is 10.9. The third kappa shape index (κ3) is 3.94. The normalized spacial score (nSPS) is 10.6. The third-order valence-electron chi connectivity index (χ3n) is 3.49. The zero-order valence-electron chi connectivity index (χ0n) is 13.0. The average molecular weight is 319 g/mol. The number of carbonyl (C=O) groups excluding carboxylic acids is 1. The predicted octanol–water partition coefficient (Wildman–Crippen LogP) is 1.99. The van der Waals surface area contributed by atoms with Crippen molar-refractivity contribution in [1.82, 2.24) is 15.1 Å². The Hall–Kier alpha value is -2.70. The van der Waals surface area contributed by atoms with E-state index in [1.807, 2.05) is 6.92 Å². The number of hydrogen-bond donors (Lipinski definition) is 2. The number of aromatic nitrogens is 2. The number of aryl methyl sites for hydroxylation is 1. The van der Waals surface area contributed by atoms with Gasteiger partial charge in [0.1, 0.15) is 5.82 Å². The molecule has 0 radical (unpaired) electrons. The lowest BCUT2D eigenvalue weighted by molar-refractivity contribution is -0.136. The second-order valence-corrected chi connectivity index (χ2v) is 5.11. The Balaban J connectivity index is 2.28. The van der Waals surface area contributed by atoms with Gasteiger partial charge in [-0.05, 0) is 30.2 Å². The van der Waals surface area contributed by atoms with E-state index in [4.69, 9.17) is 5.11 Å². The van der Waals surface area contributed by atoms with Gasteiger partial charge in [-0.25, -0.2) is 4.39 Å². The largest absolute Gasteiger partial charge is 0.481 e. The van der Waals surface area contributed by atoms with Crippen molar-refractivity contribution >= 4 is 11.9 Å². The summed E-state index contributed by atoms with van der Waals surface area (Å²) in [5, 5.41) is 15.2. The van der Waals surface area contributed by atoms with E-state index in [-0.39, 0.29) is 18.5 Å². The lowest BCUT2D eigenvalue weighted by Gasteiger charge is -2.08. The fourth-order valence-corrected chi connectivity index (χ4v) is 2.38. The summed E-state index contributed by atoms with van der Waals surface area (Å²) >= 11 is 0. The van der Waals surface area contributed by atoms with Crippen molar-refractivity contribution in [2.24, 2.45) is 7.05 Å². The van der Waals surface area contributed by atoms with Crippen LogP contribution in [-0.4, -0.2) is 33.3 Å². The number of carboxylic acid groups (broad SMARTS) is 1. The van der Waals surface area contributed by atoms with E-state index in [2.05, 4.69) is 10.4 Å². The van der Waals surface area contributed by atoms with Gasteiger partial charge in [0.2, 0.25) is 0 Å². The van der Waals surface area contributed by atoms with Crippen LogP contribution in [0.5, 0.6) is 0 Å². The minimum atomic E-state index is -1.01. The van der Waals surface area contributed by atoms with E-state index < -0.39 is 17.7 Å². The van der Waals surface area contributed by atoms with Crippen LogP contribution in [0, 0.1) is 5.82 Å². The topological polar surface area (TPSA) is 84.2 Å². The van der Waals surface area contributed by atoms with E-state index in [0.29, 0.717) is 5.56 Å².